The smallest absolute Gasteiger partial charge is 0.333 e. The molecule has 0 bridgehead atoms. The van der Waals surface area contributed by atoms with Crippen molar-refractivity contribution in [3.8, 4) is 0 Å². The molecule has 0 aliphatic rings. The highest BCUT2D eigenvalue weighted by molar-refractivity contribution is 5.79. The van der Waals surface area contributed by atoms with Crippen LogP contribution in [0, 0.1) is 13.8 Å². The van der Waals surface area contributed by atoms with Crippen LogP contribution in [0.25, 0.3) is 0 Å². The topological polar surface area (TPSA) is 64.7 Å². The highest BCUT2D eigenvalue weighted by atomic mass is 19.3. The highest BCUT2D eigenvalue weighted by Gasteiger charge is 2.19. The van der Waals surface area contributed by atoms with E-state index in [9.17, 15) is 22.4 Å². The van der Waals surface area contributed by atoms with Gasteiger partial charge in [0, 0.05) is 23.7 Å². The third kappa shape index (κ3) is 3.69. The van der Waals surface area contributed by atoms with E-state index >= 15 is 0 Å². The first-order valence-corrected chi connectivity index (χ1v) is 6.70. The molecule has 0 aromatic carbocycles. The van der Waals surface area contributed by atoms with Crippen molar-refractivity contribution in [3.05, 3.63) is 35.2 Å². The maximum absolute atomic E-state index is 12.7. The molecule has 1 N–H and O–H groups in total. The standard InChI is InChI=1S/C13H15F4N5O/c1-7-9(8(2)22(20-7)13(16)17)5-11(23)19-6-10-18-3-4-21(10)12(14)15/h3-4,12-13H,5-6H2,1-2H3,(H,19,23). The summed E-state index contributed by atoms with van der Waals surface area (Å²) < 4.78 is 51.9. The fourth-order valence-corrected chi connectivity index (χ4v) is 2.20. The van der Waals surface area contributed by atoms with Crippen LogP contribution in [0.5, 0.6) is 0 Å². The molecule has 10 heteroatoms. The van der Waals surface area contributed by atoms with Crippen molar-refractivity contribution in [2.75, 3.05) is 0 Å². The van der Waals surface area contributed by atoms with Crippen molar-refractivity contribution in [3.63, 3.8) is 0 Å². The minimum atomic E-state index is -2.79. The van der Waals surface area contributed by atoms with Gasteiger partial charge in [0.2, 0.25) is 5.91 Å². The number of nitrogens with zero attached hydrogens (tertiary/aromatic N) is 4. The monoisotopic (exact) mass is 333 g/mol. The molecule has 23 heavy (non-hydrogen) atoms. The summed E-state index contributed by atoms with van der Waals surface area (Å²) in [4.78, 5) is 15.6. The van der Waals surface area contributed by atoms with Crippen LogP contribution in [0.15, 0.2) is 12.4 Å². The van der Waals surface area contributed by atoms with Crippen LogP contribution in [-0.4, -0.2) is 25.2 Å². The average molecular weight is 333 g/mol. The van der Waals surface area contributed by atoms with Crippen LogP contribution < -0.4 is 5.32 Å². The predicted octanol–water partition coefficient (Wildman–Crippen LogP) is 2.35. The van der Waals surface area contributed by atoms with E-state index in [-0.39, 0.29) is 24.5 Å². The second-order valence-corrected chi connectivity index (χ2v) is 4.85. The molecule has 0 unspecified atom stereocenters. The Morgan fingerprint density at radius 1 is 1.26 bits per heavy atom. The molecule has 6 nitrogen and oxygen atoms in total. The van der Waals surface area contributed by atoms with E-state index in [1.807, 2.05) is 0 Å². The Labute approximate surface area is 129 Å². The number of carbonyl (C=O) groups excluding carboxylic acids is 1. The zero-order chi connectivity index (χ0) is 17.1. The number of hydrogen-bond acceptors (Lipinski definition) is 3. The van der Waals surface area contributed by atoms with Crippen LogP contribution >= 0.6 is 0 Å². The average Bonchev–Trinajstić information content (AvgIpc) is 3.04. The minimum absolute atomic E-state index is 0.00469. The molecule has 2 aromatic heterocycles. The molecule has 0 atom stereocenters. The van der Waals surface area contributed by atoms with Crippen molar-refractivity contribution < 1.29 is 22.4 Å². The van der Waals surface area contributed by atoms with Crippen molar-refractivity contribution in [2.45, 2.75) is 39.9 Å². The zero-order valence-electron chi connectivity index (χ0n) is 12.4. The number of alkyl halides is 4. The second kappa shape index (κ2) is 6.80. The summed E-state index contributed by atoms with van der Waals surface area (Å²) in [6, 6.07) is 0. The van der Waals surface area contributed by atoms with Gasteiger partial charge in [-0.15, -0.1) is 0 Å². The Morgan fingerprint density at radius 3 is 2.52 bits per heavy atom. The number of nitrogens with one attached hydrogen (secondary N) is 1. The quantitative estimate of drug-likeness (QED) is 0.825. The summed E-state index contributed by atoms with van der Waals surface area (Å²) in [6.45, 7) is -2.75. The van der Waals surface area contributed by atoms with Gasteiger partial charge in [0.05, 0.1) is 18.7 Å². The lowest BCUT2D eigenvalue weighted by molar-refractivity contribution is -0.120. The largest absolute Gasteiger partial charge is 0.349 e. The summed E-state index contributed by atoms with van der Waals surface area (Å²) in [6.07, 6.45) is 2.14. The van der Waals surface area contributed by atoms with E-state index in [0.717, 1.165) is 6.20 Å². The molecule has 0 spiro atoms. The Kier molecular flexibility index (Phi) is 5.02. The van der Waals surface area contributed by atoms with Crippen molar-refractivity contribution in [1.82, 2.24) is 24.6 Å². The summed E-state index contributed by atoms with van der Waals surface area (Å²) in [7, 11) is 0. The molecule has 0 fully saturated rings. The van der Waals surface area contributed by atoms with Gasteiger partial charge < -0.3 is 5.32 Å². The number of imidazole rings is 1. The van der Waals surface area contributed by atoms with E-state index in [4.69, 9.17) is 0 Å². The van der Waals surface area contributed by atoms with E-state index < -0.39 is 19.0 Å². The molecule has 0 saturated heterocycles. The molecular weight excluding hydrogens is 318 g/mol. The molecule has 0 aliphatic heterocycles. The van der Waals surface area contributed by atoms with Gasteiger partial charge in [-0.05, 0) is 13.8 Å². The second-order valence-electron chi connectivity index (χ2n) is 4.85. The third-order valence-corrected chi connectivity index (χ3v) is 3.40. The molecule has 0 radical (unpaired) electrons. The zero-order valence-corrected chi connectivity index (χ0v) is 12.4. The van der Waals surface area contributed by atoms with Crippen molar-refractivity contribution in [2.24, 2.45) is 0 Å². The molecule has 2 aromatic rings. The van der Waals surface area contributed by atoms with Crippen LogP contribution in [0.2, 0.25) is 0 Å². The first-order valence-electron chi connectivity index (χ1n) is 6.70. The Bertz CT molecular complexity index is 695. The SMILES string of the molecule is Cc1nn(C(F)F)c(C)c1CC(=O)NCc1nccn1C(F)F. The molecule has 0 saturated carbocycles. The minimum Gasteiger partial charge on any atom is -0.349 e. The number of rotatable bonds is 6. The van der Waals surface area contributed by atoms with E-state index in [1.54, 1.807) is 0 Å². The Morgan fingerprint density at radius 2 is 1.96 bits per heavy atom. The molecule has 0 aliphatic carbocycles. The molecular formula is C13H15F4N5O. The van der Waals surface area contributed by atoms with Crippen LogP contribution in [0.1, 0.15) is 35.9 Å². The van der Waals surface area contributed by atoms with Gasteiger partial charge in [-0.25, -0.2) is 9.67 Å². The number of hydrogen-bond donors (Lipinski definition) is 1. The van der Waals surface area contributed by atoms with Gasteiger partial charge in [-0.1, -0.05) is 0 Å². The number of carbonyl (C=O) groups is 1. The fourth-order valence-electron chi connectivity index (χ4n) is 2.20. The lowest BCUT2D eigenvalue weighted by Gasteiger charge is -2.08. The summed E-state index contributed by atoms with van der Waals surface area (Å²) >= 11 is 0. The third-order valence-electron chi connectivity index (χ3n) is 3.40. The van der Waals surface area contributed by atoms with Crippen LogP contribution in [0.4, 0.5) is 17.6 Å². The lowest BCUT2D eigenvalue weighted by atomic mass is 10.1. The number of aryl methyl sites for hydroxylation is 1. The Balaban J connectivity index is 2.02. The van der Waals surface area contributed by atoms with Gasteiger partial charge in [0.15, 0.2) is 0 Å². The van der Waals surface area contributed by atoms with Gasteiger partial charge in [0.25, 0.3) is 0 Å². The van der Waals surface area contributed by atoms with Gasteiger partial charge in [-0.2, -0.15) is 22.7 Å². The van der Waals surface area contributed by atoms with E-state index in [0.29, 0.717) is 20.5 Å². The molecule has 1 amide bonds. The number of halogens is 4. The maximum Gasteiger partial charge on any atom is 0.333 e. The lowest BCUT2D eigenvalue weighted by Crippen LogP contribution is -2.26. The van der Waals surface area contributed by atoms with Crippen molar-refractivity contribution in [1.29, 1.82) is 0 Å². The molecule has 2 heterocycles. The maximum atomic E-state index is 12.7. The van der Waals surface area contributed by atoms with Crippen LogP contribution in [0.3, 0.4) is 0 Å². The normalized spacial score (nSPS) is 11.5. The summed E-state index contributed by atoms with van der Waals surface area (Å²) in [5, 5.41) is 6.12. The number of amides is 1. The van der Waals surface area contributed by atoms with E-state index in [2.05, 4.69) is 15.4 Å². The summed E-state index contributed by atoms with van der Waals surface area (Å²) in [5.74, 6) is -0.487. The first kappa shape index (κ1) is 17.0. The fraction of sp³-hybridized carbons (Fsp3) is 0.462. The predicted molar refractivity (Wildman–Crippen MR) is 72.0 cm³/mol. The van der Waals surface area contributed by atoms with Gasteiger partial charge >= 0.3 is 13.1 Å². The summed E-state index contributed by atoms with van der Waals surface area (Å²) in [5.41, 5.74) is 0.911. The molecule has 2 rings (SSSR count). The first-order chi connectivity index (χ1) is 10.8. The van der Waals surface area contributed by atoms with Crippen molar-refractivity contribution >= 4 is 5.91 Å². The molecule has 126 valence electrons. The highest BCUT2D eigenvalue weighted by Crippen LogP contribution is 2.19. The van der Waals surface area contributed by atoms with Gasteiger partial charge in [-0.3, -0.25) is 9.36 Å². The van der Waals surface area contributed by atoms with Crippen LogP contribution in [-0.2, 0) is 17.8 Å². The van der Waals surface area contributed by atoms with Gasteiger partial charge in [0.1, 0.15) is 5.82 Å². The Hall–Kier alpha value is -2.39. The van der Waals surface area contributed by atoms with E-state index in [1.165, 1.54) is 20.0 Å². The number of aromatic nitrogens is 4.